The van der Waals surface area contributed by atoms with Crippen LogP contribution in [0.1, 0.15) is 41.6 Å². The Morgan fingerprint density at radius 1 is 1.00 bits per heavy atom. The Morgan fingerprint density at radius 2 is 1.70 bits per heavy atom. The van der Waals surface area contributed by atoms with E-state index in [0.29, 0.717) is 35.9 Å². The predicted octanol–water partition coefficient (Wildman–Crippen LogP) is 4.64. The molecule has 1 aliphatic rings. The molecule has 2 heterocycles. The molecule has 1 aliphatic heterocycles. The summed E-state index contributed by atoms with van der Waals surface area (Å²) >= 11 is 1.57. The summed E-state index contributed by atoms with van der Waals surface area (Å²) in [5.41, 5.74) is 3.63. The van der Waals surface area contributed by atoms with Crippen molar-refractivity contribution in [2.45, 2.75) is 37.4 Å². The predicted molar refractivity (Wildman–Crippen MR) is 163 cm³/mol. The van der Waals surface area contributed by atoms with E-state index in [1.165, 1.54) is 5.56 Å². The summed E-state index contributed by atoms with van der Waals surface area (Å²) < 4.78 is 7.00. The lowest BCUT2D eigenvalue weighted by molar-refractivity contribution is -0.132. The van der Waals surface area contributed by atoms with Crippen LogP contribution < -0.4 is 5.56 Å². The van der Waals surface area contributed by atoms with Crippen LogP contribution in [0.3, 0.4) is 0 Å². The molecule has 1 aromatic heterocycles. The van der Waals surface area contributed by atoms with Gasteiger partial charge in [0.1, 0.15) is 0 Å². The second kappa shape index (κ2) is 15.6. The number of nitrogens with zero attached hydrogens (tertiary/aromatic N) is 4. The van der Waals surface area contributed by atoms with E-state index in [1.54, 1.807) is 30.5 Å². The van der Waals surface area contributed by atoms with Gasteiger partial charge in [-0.2, -0.15) is 0 Å². The minimum Gasteiger partial charge on any atom is -0.378 e. The molecule has 0 bridgehead atoms. The molecule has 1 fully saturated rings. The van der Waals surface area contributed by atoms with Crippen LogP contribution in [-0.4, -0.2) is 70.8 Å². The van der Waals surface area contributed by atoms with Crippen molar-refractivity contribution >= 4 is 23.7 Å². The average molecular weight is 561 g/mol. The number of benzene rings is 2. The van der Waals surface area contributed by atoms with Crippen LogP contribution in [0.2, 0.25) is 0 Å². The van der Waals surface area contributed by atoms with Crippen molar-refractivity contribution in [3.05, 3.63) is 99.5 Å². The van der Waals surface area contributed by atoms with Gasteiger partial charge < -0.3 is 9.64 Å². The summed E-state index contributed by atoms with van der Waals surface area (Å²) in [6.45, 7) is 4.60. The van der Waals surface area contributed by atoms with E-state index in [-0.39, 0.29) is 11.5 Å². The molecule has 3 aromatic rings. The molecule has 1 amide bonds. The third-order valence-corrected chi connectivity index (χ3v) is 8.26. The molecule has 0 unspecified atom stereocenters. The van der Waals surface area contributed by atoms with Crippen LogP contribution in [-0.2, 0) is 29.6 Å². The zero-order valence-corrected chi connectivity index (χ0v) is 24.4. The summed E-state index contributed by atoms with van der Waals surface area (Å²) in [5.74, 6) is 1.04. The van der Waals surface area contributed by atoms with Crippen molar-refractivity contribution in [1.82, 2.24) is 19.4 Å². The van der Waals surface area contributed by atoms with Gasteiger partial charge in [-0.25, -0.2) is 4.98 Å². The number of piperazine rings is 1. The maximum atomic E-state index is 13.2. The first kappa shape index (κ1) is 29.8. The van der Waals surface area contributed by atoms with Crippen LogP contribution in [0.25, 0.3) is 6.08 Å². The number of rotatable bonds is 13. The third-order valence-electron chi connectivity index (χ3n) is 7.15. The van der Waals surface area contributed by atoms with E-state index in [4.69, 9.17) is 9.72 Å². The fourth-order valence-corrected chi connectivity index (χ4v) is 5.80. The Morgan fingerprint density at radius 3 is 2.40 bits per heavy atom. The SMILES string of the molecule is COCc1nc(SCCCCC(=O)N2CCN(C/C=C/c3ccccc3)CC2)n(C)c(=O)c1Cc1ccccc1. The number of methoxy groups -OCH3 is 1. The van der Waals surface area contributed by atoms with Crippen LogP contribution >= 0.6 is 11.8 Å². The molecule has 7 nitrogen and oxygen atoms in total. The minimum absolute atomic E-state index is 0.0294. The topological polar surface area (TPSA) is 67.7 Å². The van der Waals surface area contributed by atoms with Crippen molar-refractivity contribution < 1.29 is 9.53 Å². The molecule has 212 valence electrons. The second-order valence-corrected chi connectivity index (χ2v) is 11.1. The zero-order chi connectivity index (χ0) is 28.2. The Labute approximate surface area is 241 Å². The van der Waals surface area contributed by atoms with Crippen molar-refractivity contribution in [2.75, 3.05) is 45.6 Å². The summed E-state index contributed by atoms with van der Waals surface area (Å²) in [4.78, 5) is 35.1. The molecular formula is C32H40N4O3S. The van der Waals surface area contributed by atoms with Gasteiger partial charge in [-0.05, 0) is 24.0 Å². The van der Waals surface area contributed by atoms with Gasteiger partial charge in [-0.1, -0.05) is 84.6 Å². The van der Waals surface area contributed by atoms with Gasteiger partial charge >= 0.3 is 0 Å². The highest BCUT2D eigenvalue weighted by molar-refractivity contribution is 7.99. The lowest BCUT2D eigenvalue weighted by Crippen LogP contribution is -2.48. The summed E-state index contributed by atoms with van der Waals surface area (Å²) in [6.07, 6.45) is 7.17. The summed E-state index contributed by atoms with van der Waals surface area (Å²) in [5, 5.41) is 0.692. The number of amides is 1. The van der Waals surface area contributed by atoms with Gasteiger partial charge in [0.05, 0.1) is 12.3 Å². The van der Waals surface area contributed by atoms with Crippen LogP contribution in [0.4, 0.5) is 0 Å². The highest BCUT2D eigenvalue weighted by Gasteiger charge is 2.20. The molecule has 2 aromatic carbocycles. The Bertz CT molecular complexity index is 1300. The molecule has 4 rings (SSSR count). The number of carbonyl (C=O) groups is 1. The first-order valence-corrected chi connectivity index (χ1v) is 15.0. The quantitative estimate of drug-likeness (QED) is 0.172. The molecule has 0 spiro atoms. The monoisotopic (exact) mass is 560 g/mol. The van der Waals surface area contributed by atoms with Crippen molar-refractivity contribution in [3.8, 4) is 0 Å². The molecule has 0 aliphatic carbocycles. The third kappa shape index (κ3) is 8.65. The lowest BCUT2D eigenvalue weighted by Gasteiger charge is -2.34. The van der Waals surface area contributed by atoms with E-state index in [0.717, 1.165) is 56.9 Å². The standard InChI is InChI=1S/C32H40N4O3S/c1-34-31(38)28(24-27-14-7-4-8-15-27)29(25-39-2)33-32(34)40-23-10-9-17-30(37)36-21-19-35(20-22-36)18-11-16-26-12-5-3-6-13-26/h3-8,11-16H,9-10,17-25H2,1-2H3/b16-11+. The van der Waals surface area contributed by atoms with E-state index in [9.17, 15) is 9.59 Å². The number of unbranched alkanes of at least 4 members (excludes halogenated alkanes) is 1. The fourth-order valence-electron chi connectivity index (χ4n) is 4.82. The van der Waals surface area contributed by atoms with Gasteiger partial charge in [0, 0.05) is 71.0 Å². The Balaban J connectivity index is 1.19. The number of carbonyl (C=O) groups excluding carboxylic acids is 1. The minimum atomic E-state index is -0.0294. The number of hydrogen-bond donors (Lipinski definition) is 0. The van der Waals surface area contributed by atoms with Crippen LogP contribution in [0.15, 0.2) is 76.7 Å². The fraction of sp³-hybridized carbons (Fsp3) is 0.406. The summed E-state index contributed by atoms with van der Waals surface area (Å²) in [7, 11) is 3.40. The molecule has 1 saturated heterocycles. The lowest BCUT2D eigenvalue weighted by atomic mass is 10.0. The van der Waals surface area contributed by atoms with Gasteiger partial charge in [-0.15, -0.1) is 0 Å². The Hall–Kier alpha value is -3.20. The maximum absolute atomic E-state index is 13.2. The van der Waals surface area contributed by atoms with E-state index in [2.05, 4.69) is 29.2 Å². The van der Waals surface area contributed by atoms with Crippen molar-refractivity contribution in [3.63, 3.8) is 0 Å². The molecule has 40 heavy (non-hydrogen) atoms. The Kier molecular flexibility index (Phi) is 11.6. The molecule has 0 saturated carbocycles. The van der Waals surface area contributed by atoms with Gasteiger partial charge in [0.25, 0.3) is 5.56 Å². The largest absolute Gasteiger partial charge is 0.378 e. The number of aromatic nitrogens is 2. The number of hydrogen-bond acceptors (Lipinski definition) is 6. The van der Waals surface area contributed by atoms with Crippen LogP contribution in [0.5, 0.6) is 0 Å². The molecule has 0 radical (unpaired) electrons. The summed E-state index contributed by atoms with van der Waals surface area (Å²) in [6, 6.07) is 20.3. The highest BCUT2D eigenvalue weighted by Crippen LogP contribution is 2.20. The zero-order valence-electron chi connectivity index (χ0n) is 23.6. The molecule has 0 atom stereocenters. The average Bonchev–Trinajstić information content (AvgIpc) is 2.99. The smallest absolute Gasteiger partial charge is 0.257 e. The normalized spacial score (nSPS) is 14.2. The maximum Gasteiger partial charge on any atom is 0.257 e. The van der Waals surface area contributed by atoms with E-state index < -0.39 is 0 Å². The first-order valence-electron chi connectivity index (χ1n) is 14.0. The second-order valence-electron chi connectivity index (χ2n) is 10.1. The highest BCUT2D eigenvalue weighted by atomic mass is 32.2. The van der Waals surface area contributed by atoms with Crippen molar-refractivity contribution in [2.24, 2.45) is 7.05 Å². The number of thioether (sulfide) groups is 1. The molecule has 8 heteroatoms. The van der Waals surface area contributed by atoms with Gasteiger partial charge in [-0.3, -0.25) is 19.1 Å². The van der Waals surface area contributed by atoms with E-state index in [1.807, 2.05) is 53.4 Å². The van der Waals surface area contributed by atoms with Crippen LogP contribution in [0, 0.1) is 0 Å². The van der Waals surface area contributed by atoms with E-state index >= 15 is 0 Å². The van der Waals surface area contributed by atoms with Gasteiger partial charge in [0.15, 0.2) is 5.16 Å². The first-order chi connectivity index (χ1) is 19.5. The van der Waals surface area contributed by atoms with Crippen molar-refractivity contribution in [1.29, 1.82) is 0 Å². The molecule has 0 N–H and O–H groups in total. The number of ether oxygens (including phenoxy) is 1. The molecular weight excluding hydrogens is 520 g/mol. The van der Waals surface area contributed by atoms with Gasteiger partial charge in [0.2, 0.25) is 5.91 Å².